The Hall–Kier alpha value is -1.71. The number of aliphatic hydroxyl groups excluding tert-OH is 1. The number of hydrogen-bond acceptors (Lipinski definition) is 3. The van der Waals surface area contributed by atoms with E-state index in [2.05, 4.69) is 48.3 Å². The Morgan fingerprint density at radius 3 is 2.53 bits per heavy atom. The zero-order chi connectivity index (χ0) is 13.4. The number of aryl methyl sites for hydroxylation is 2. The highest BCUT2D eigenvalue weighted by Gasteiger charge is 2.09. The van der Waals surface area contributed by atoms with E-state index in [1.807, 2.05) is 6.92 Å². The average molecular weight is 269 g/mol. The second-order valence-corrected chi connectivity index (χ2v) is 5.83. The van der Waals surface area contributed by atoms with E-state index in [1.165, 1.54) is 16.3 Å². The van der Waals surface area contributed by atoms with Crippen LogP contribution in [0.1, 0.15) is 16.1 Å². The molecule has 0 radical (unpaired) electrons. The molecule has 0 bridgehead atoms. The standard InChI is InChI=1S/C16H15NOS/c1-10-3-4-13-8-14(6-5-12(13)7-10)16-17-11(2)15(9-18)19-16/h3-8,18H,9H2,1-2H3. The average Bonchev–Trinajstić information content (AvgIpc) is 2.79. The van der Waals surface area contributed by atoms with E-state index >= 15 is 0 Å². The number of aliphatic hydroxyl groups is 1. The van der Waals surface area contributed by atoms with Crippen LogP contribution in [-0.2, 0) is 6.61 Å². The highest BCUT2D eigenvalue weighted by atomic mass is 32.1. The molecule has 0 saturated heterocycles. The normalized spacial score (nSPS) is 11.1. The summed E-state index contributed by atoms with van der Waals surface area (Å²) in [5.74, 6) is 0. The molecule has 0 fully saturated rings. The van der Waals surface area contributed by atoms with E-state index in [0.29, 0.717) is 0 Å². The summed E-state index contributed by atoms with van der Waals surface area (Å²) in [5.41, 5.74) is 3.31. The van der Waals surface area contributed by atoms with Crippen molar-refractivity contribution in [1.29, 1.82) is 0 Å². The van der Waals surface area contributed by atoms with Crippen molar-refractivity contribution >= 4 is 22.1 Å². The van der Waals surface area contributed by atoms with Gasteiger partial charge in [0.25, 0.3) is 0 Å². The Bertz CT molecular complexity index is 746. The van der Waals surface area contributed by atoms with Crippen LogP contribution >= 0.6 is 11.3 Å². The first-order chi connectivity index (χ1) is 9.17. The van der Waals surface area contributed by atoms with E-state index < -0.39 is 0 Å². The minimum Gasteiger partial charge on any atom is -0.391 e. The molecule has 0 saturated carbocycles. The Labute approximate surface area is 116 Å². The molecular formula is C16H15NOS. The molecule has 3 rings (SSSR count). The highest BCUT2D eigenvalue weighted by Crippen LogP contribution is 2.30. The molecule has 3 heteroatoms. The summed E-state index contributed by atoms with van der Waals surface area (Å²) >= 11 is 1.56. The highest BCUT2D eigenvalue weighted by molar-refractivity contribution is 7.15. The van der Waals surface area contributed by atoms with Gasteiger partial charge in [-0.15, -0.1) is 11.3 Å². The molecule has 2 nitrogen and oxygen atoms in total. The van der Waals surface area contributed by atoms with Gasteiger partial charge >= 0.3 is 0 Å². The van der Waals surface area contributed by atoms with Gasteiger partial charge in [-0.25, -0.2) is 4.98 Å². The summed E-state index contributed by atoms with van der Waals surface area (Å²) in [5, 5.41) is 12.7. The molecule has 0 aliphatic heterocycles. The first-order valence-electron chi connectivity index (χ1n) is 6.25. The molecule has 0 unspecified atom stereocenters. The van der Waals surface area contributed by atoms with Gasteiger partial charge in [-0.2, -0.15) is 0 Å². The van der Waals surface area contributed by atoms with Gasteiger partial charge in [-0.3, -0.25) is 0 Å². The van der Waals surface area contributed by atoms with Crippen molar-refractivity contribution in [3.05, 3.63) is 52.5 Å². The fourth-order valence-corrected chi connectivity index (χ4v) is 3.12. The van der Waals surface area contributed by atoms with Crippen molar-refractivity contribution in [3.63, 3.8) is 0 Å². The fraction of sp³-hybridized carbons (Fsp3) is 0.188. The van der Waals surface area contributed by atoms with E-state index in [-0.39, 0.29) is 6.61 Å². The summed E-state index contributed by atoms with van der Waals surface area (Å²) in [6.07, 6.45) is 0. The van der Waals surface area contributed by atoms with Gasteiger partial charge in [-0.05, 0) is 30.7 Å². The molecule has 2 aromatic carbocycles. The van der Waals surface area contributed by atoms with Crippen LogP contribution < -0.4 is 0 Å². The van der Waals surface area contributed by atoms with Crippen LogP contribution in [0.2, 0.25) is 0 Å². The number of fused-ring (bicyclic) bond motifs is 1. The molecule has 0 spiro atoms. The topological polar surface area (TPSA) is 33.1 Å². The molecule has 0 aliphatic rings. The Balaban J connectivity index is 2.11. The fourth-order valence-electron chi connectivity index (χ4n) is 2.20. The summed E-state index contributed by atoms with van der Waals surface area (Å²) in [7, 11) is 0. The zero-order valence-electron chi connectivity index (χ0n) is 11.0. The molecule has 1 N–H and O–H groups in total. The SMILES string of the molecule is Cc1ccc2cc(-c3nc(C)c(CO)s3)ccc2c1. The third-order valence-corrected chi connectivity index (χ3v) is 4.47. The minimum atomic E-state index is 0.0657. The van der Waals surface area contributed by atoms with Crippen LogP contribution in [0, 0.1) is 13.8 Å². The Morgan fingerprint density at radius 1 is 1.05 bits per heavy atom. The molecule has 0 amide bonds. The predicted molar refractivity (Wildman–Crippen MR) is 80.5 cm³/mol. The van der Waals surface area contributed by atoms with Gasteiger partial charge in [0.2, 0.25) is 0 Å². The predicted octanol–water partition coefficient (Wildman–Crippen LogP) is 4.07. The van der Waals surface area contributed by atoms with Crippen LogP contribution in [0.15, 0.2) is 36.4 Å². The number of benzene rings is 2. The Kier molecular flexibility index (Phi) is 3.09. The molecular weight excluding hydrogens is 254 g/mol. The van der Waals surface area contributed by atoms with Gasteiger partial charge in [0.1, 0.15) is 5.01 Å². The lowest BCUT2D eigenvalue weighted by atomic mass is 10.1. The number of rotatable bonds is 2. The van der Waals surface area contributed by atoms with E-state index in [0.717, 1.165) is 21.1 Å². The quantitative estimate of drug-likeness (QED) is 0.760. The van der Waals surface area contributed by atoms with Crippen LogP contribution in [0.5, 0.6) is 0 Å². The van der Waals surface area contributed by atoms with Gasteiger partial charge < -0.3 is 5.11 Å². The zero-order valence-corrected chi connectivity index (χ0v) is 11.8. The summed E-state index contributed by atoms with van der Waals surface area (Å²) in [6, 6.07) is 12.8. The number of thiazole rings is 1. The smallest absolute Gasteiger partial charge is 0.123 e. The van der Waals surface area contributed by atoms with Crippen molar-refractivity contribution in [2.45, 2.75) is 20.5 Å². The monoisotopic (exact) mass is 269 g/mol. The first-order valence-corrected chi connectivity index (χ1v) is 7.07. The maximum atomic E-state index is 9.25. The van der Waals surface area contributed by atoms with Gasteiger partial charge in [-0.1, -0.05) is 35.9 Å². The largest absolute Gasteiger partial charge is 0.391 e. The second kappa shape index (κ2) is 4.76. The lowest BCUT2D eigenvalue weighted by molar-refractivity contribution is 0.284. The van der Waals surface area contributed by atoms with E-state index in [4.69, 9.17) is 0 Å². The molecule has 3 aromatic rings. The molecule has 1 heterocycles. The molecule has 19 heavy (non-hydrogen) atoms. The molecule has 0 aliphatic carbocycles. The molecule has 1 aromatic heterocycles. The summed E-state index contributed by atoms with van der Waals surface area (Å²) in [6.45, 7) is 4.11. The molecule has 0 atom stereocenters. The van der Waals surface area contributed by atoms with Crippen LogP contribution in [-0.4, -0.2) is 10.1 Å². The van der Waals surface area contributed by atoms with Crippen LogP contribution in [0.4, 0.5) is 0 Å². The third-order valence-electron chi connectivity index (χ3n) is 3.28. The van der Waals surface area contributed by atoms with Crippen molar-refractivity contribution in [2.24, 2.45) is 0 Å². The maximum absolute atomic E-state index is 9.25. The number of aromatic nitrogens is 1. The third kappa shape index (κ3) is 2.27. The van der Waals surface area contributed by atoms with E-state index in [9.17, 15) is 5.11 Å². The van der Waals surface area contributed by atoms with Crippen molar-refractivity contribution in [1.82, 2.24) is 4.98 Å². The summed E-state index contributed by atoms with van der Waals surface area (Å²) in [4.78, 5) is 5.48. The lowest BCUT2D eigenvalue weighted by Gasteiger charge is -2.02. The van der Waals surface area contributed by atoms with Crippen LogP contribution in [0.3, 0.4) is 0 Å². The first kappa shape index (κ1) is 12.3. The maximum Gasteiger partial charge on any atom is 0.123 e. The lowest BCUT2D eigenvalue weighted by Crippen LogP contribution is -1.81. The number of hydrogen-bond donors (Lipinski definition) is 1. The van der Waals surface area contributed by atoms with Crippen molar-refractivity contribution in [2.75, 3.05) is 0 Å². The van der Waals surface area contributed by atoms with Gasteiger partial charge in [0.15, 0.2) is 0 Å². The van der Waals surface area contributed by atoms with Crippen molar-refractivity contribution in [3.8, 4) is 10.6 Å². The minimum absolute atomic E-state index is 0.0657. The Morgan fingerprint density at radius 2 is 1.79 bits per heavy atom. The van der Waals surface area contributed by atoms with Gasteiger partial charge in [0, 0.05) is 5.56 Å². The van der Waals surface area contributed by atoms with Crippen LogP contribution in [0.25, 0.3) is 21.3 Å². The van der Waals surface area contributed by atoms with E-state index in [1.54, 1.807) is 11.3 Å². The number of nitrogens with zero attached hydrogens (tertiary/aromatic N) is 1. The van der Waals surface area contributed by atoms with Gasteiger partial charge in [0.05, 0.1) is 17.2 Å². The second-order valence-electron chi connectivity index (χ2n) is 4.75. The summed E-state index contributed by atoms with van der Waals surface area (Å²) < 4.78 is 0. The van der Waals surface area contributed by atoms with Crippen molar-refractivity contribution < 1.29 is 5.11 Å². The molecule has 96 valence electrons.